The van der Waals surface area contributed by atoms with E-state index >= 15 is 0 Å². The predicted molar refractivity (Wildman–Crippen MR) is 114 cm³/mol. The van der Waals surface area contributed by atoms with Crippen molar-refractivity contribution in [2.24, 2.45) is 5.92 Å². The summed E-state index contributed by atoms with van der Waals surface area (Å²) < 4.78 is 1.78. The zero-order valence-electron chi connectivity index (χ0n) is 16.1. The van der Waals surface area contributed by atoms with Crippen LogP contribution in [0.4, 0.5) is 5.69 Å². The van der Waals surface area contributed by atoms with Gasteiger partial charge in [0, 0.05) is 42.5 Å². The number of carbonyl (C=O) groups excluding carboxylic acids is 2. The molecule has 4 rings (SSSR count). The van der Waals surface area contributed by atoms with Gasteiger partial charge in [-0.2, -0.15) is 5.10 Å². The molecular formula is C22H22N4O2S. The van der Waals surface area contributed by atoms with Crippen LogP contribution in [0, 0.1) is 5.92 Å². The molecule has 2 aromatic carbocycles. The molecule has 2 heterocycles. The Kier molecular flexibility index (Phi) is 5.67. The maximum absolute atomic E-state index is 12.6. The van der Waals surface area contributed by atoms with E-state index in [-0.39, 0.29) is 24.2 Å². The van der Waals surface area contributed by atoms with Crippen LogP contribution in [0.2, 0.25) is 0 Å². The van der Waals surface area contributed by atoms with Crippen LogP contribution in [-0.2, 0) is 16.1 Å². The van der Waals surface area contributed by atoms with E-state index < -0.39 is 0 Å². The number of amides is 2. The molecule has 0 spiro atoms. The average Bonchev–Trinajstić information content (AvgIpc) is 3.43. The second-order valence-electron chi connectivity index (χ2n) is 6.94. The van der Waals surface area contributed by atoms with Crippen LogP contribution in [0.1, 0.15) is 12.0 Å². The SMILES string of the molecule is CSc1ccc(N2CC(C(=O)NCc3ccc(-n4cccn4)cc3)CC2=O)cc1. The fourth-order valence-corrected chi connectivity index (χ4v) is 3.82. The lowest BCUT2D eigenvalue weighted by molar-refractivity contribution is -0.126. The number of rotatable bonds is 6. The Morgan fingerprint density at radius 3 is 2.52 bits per heavy atom. The summed E-state index contributed by atoms with van der Waals surface area (Å²) in [6.07, 6.45) is 5.88. The summed E-state index contributed by atoms with van der Waals surface area (Å²) in [7, 11) is 0. The number of benzene rings is 2. The number of hydrogen-bond acceptors (Lipinski definition) is 4. The molecule has 0 aliphatic carbocycles. The quantitative estimate of drug-likeness (QED) is 0.638. The van der Waals surface area contributed by atoms with Gasteiger partial charge >= 0.3 is 0 Å². The molecule has 6 nitrogen and oxygen atoms in total. The molecule has 3 aromatic rings. The minimum absolute atomic E-state index is 0.00868. The second-order valence-corrected chi connectivity index (χ2v) is 7.82. The van der Waals surface area contributed by atoms with E-state index in [2.05, 4.69) is 10.4 Å². The molecule has 1 atom stereocenters. The number of nitrogens with one attached hydrogen (secondary N) is 1. The highest BCUT2D eigenvalue weighted by Crippen LogP contribution is 2.27. The number of carbonyl (C=O) groups is 2. The van der Waals surface area contributed by atoms with Crippen molar-refractivity contribution in [1.29, 1.82) is 0 Å². The van der Waals surface area contributed by atoms with Gasteiger partial charge in [-0.1, -0.05) is 12.1 Å². The third-order valence-corrected chi connectivity index (χ3v) is 5.80. The number of aromatic nitrogens is 2. The van der Waals surface area contributed by atoms with Crippen LogP contribution in [-0.4, -0.2) is 34.4 Å². The van der Waals surface area contributed by atoms with Gasteiger partial charge < -0.3 is 10.2 Å². The highest BCUT2D eigenvalue weighted by Gasteiger charge is 2.34. The molecule has 0 radical (unpaired) electrons. The molecule has 1 unspecified atom stereocenters. The number of anilines is 1. The zero-order chi connectivity index (χ0) is 20.2. The summed E-state index contributed by atoms with van der Waals surface area (Å²) in [6, 6.07) is 17.6. The predicted octanol–water partition coefficient (Wildman–Crippen LogP) is 3.26. The van der Waals surface area contributed by atoms with Crippen molar-refractivity contribution in [3.05, 3.63) is 72.6 Å². The summed E-state index contributed by atoms with van der Waals surface area (Å²) >= 11 is 1.66. The van der Waals surface area contributed by atoms with Gasteiger partial charge in [-0.25, -0.2) is 4.68 Å². The number of hydrogen-bond donors (Lipinski definition) is 1. The van der Waals surface area contributed by atoms with Gasteiger partial charge in [-0.05, 0) is 54.3 Å². The molecule has 1 saturated heterocycles. The third-order valence-electron chi connectivity index (χ3n) is 5.05. The van der Waals surface area contributed by atoms with E-state index in [1.54, 1.807) is 27.5 Å². The molecular weight excluding hydrogens is 384 g/mol. The molecule has 1 aromatic heterocycles. The normalized spacial score (nSPS) is 16.2. The first-order valence-electron chi connectivity index (χ1n) is 9.45. The van der Waals surface area contributed by atoms with Gasteiger partial charge in [0.05, 0.1) is 11.6 Å². The van der Waals surface area contributed by atoms with Gasteiger partial charge in [0.25, 0.3) is 0 Å². The lowest BCUT2D eigenvalue weighted by Gasteiger charge is -2.17. The van der Waals surface area contributed by atoms with Gasteiger partial charge in [0.2, 0.25) is 11.8 Å². The molecule has 29 heavy (non-hydrogen) atoms. The Balaban J connectivity index is 1.33. The van der Waals surface area contributed by atoms with Crippen LogP contribution in [0.25, 0.3) is 5.69 Å². The van der Waals surface area contributed by atoms with E-state index in [4.69, 9.17) is 0 Å². The number of nitrogens with zero attached hydrogens (tertiary/aromatic N) is 3. The molecule has 7 heteroatoms. The van der Waals surface area contributed by atoms with Gasteiger partial charge in [0.15, 0.2) is 0 Å². The number of thioether (sulfide) groups is 1. The van der Waals surface area contributed by atoms with Crippen molar-refractivity contribution in [3.8, 4) is 5.69 Å². The fraction of sp³-hybridized carbons (Fsp3) is 0.227. The van der Waals surface area contributed by atoms with Crippen LogP contribution in [0.5, 0.6) is 0 Å². The topological polar surface area (TPSA) is 67.2 Å². The molecule has 1 N–H and O–H groups in total. The second kappa shape index (κ2) is 8.53. The maximum Gasteiger partial charge on any atom is 0.227 e. The van der Waals surface area contributed by atoms with Gasteiger partial charge in [-0.15, -0.1) is 11.8 Å². The lowest BCUT2D eigenvalue weighted by atomic mass is 10.1. The van der Waals surface area contributed by atoms with Crippen molar-refractivity contribution >= 4 is 29.3 Å². The van der Waals surface area contributed by atoms with E-state index in [0.29, 0.717) is 13.1 Å². The third kappa shape index (κ3) is 4.35. The standard InChI is InChI=1S/C22H22N4O2S/c1-29-20-9-7-18(8-10-20)25-15-17(13-21(25)27)22(28)23-14-16-3-5-19(6-4-16)26-12-2-11-24-26/h2-12,17H,13-15H2,1H3,(H,23,28). The lowest BCUT2D eigenvalue weighted by Crippen LogP contribution is -2.32. The van der Waals surface area contributed by atoms with Crippen molar-refractivity contribution < 1.29 is 9.59 Å². The molecule has 148 valence electrons. The van der Waals surface area contributed by atoms with Gasteiger partial charge in [0.1, 0.15) is 0 Å². The first-order chi connectivity index (χ1) is 14.1. The molecule has 0 bridgehead atoms. The Labute approximate surface area is 173 Å². The first-order valence-corrected chi connectivity index (χ1v) is 10.7. The molecule has 1 aliphatic heterocycles. The average molecular weight is 407 g/mol. The minimum atomic E-state index is -0.328. The van der Waals surface area contributed by atoms with Crippen molar-refractivity contribution in [2.45, 2.75) is 17.9 Å². The van der Waals surface area contributed by atoms with E-state index in [1.165, 1.54) is 0 Å². The van der Waals surface area contributed by atoms with E-state index in [0.717, 1.165) is 21.8 Å². The highest BCUT2D eigenvalue weighted by molar-refractivity contribution is 7.98. The summed E-state index contributed by atoms with van der Waals surface area (Å²) in [5, 5.41) is 7.16. The smallest absolute Gasteiger partial charge is 0.227 e. The zero-order valence-corrected chi connectivity index (χ0v) is 16.9. The molecule has 0 saturated carbocycles. The van der Waals surface area contributed by atoms with Gasteiger partial charge in [-0.3, -0.25) is 9.59 Å². The minimum Gasteiger partial charge on any atom is -0.352 e. The first kappa shape index (κ1) is 19.3. The van der Waals surface area contributed by atoms with Crippen LogP contribution >= 0.6 is 11.8 Å². The van der Waals surface area contributed by atoms with Crippen molar-refractivity contribution in [3.63, 3.8) is 0 Å². The summed E-state index contributed by atoms with van der Waals surface area (Å²) in [5.74, 6) is -0.422. The van der Waals surface area contributed by atoms with Crippen molar-refractivity contribution in [1.82, 2.24) is 15.1 Å². The Morgan fingerprint density at radius 1 is 1.14 bits per heavy atom. The summed E-state index contributed by atoms with van der Waals surface area (Å²) in [5.41, 5.74) is 2.81. The fourth-order valence-electron chi connectivity index (χ4n) is 3.42. The molecule has 1 aliphatic rings. The van der Waals surface area contributed by atoms with Crippen LogP contribution in [0.15, 0.2) is 71.9 Å². The molecule has 2 amide bonds. The Bertz CT molecular complexity index is 985. The highest BCUT2D eigenvalue weighted by atomic mass is 32.2. The van der Waals surface area contributed by atoms with E-state index in [1.807, 2.05) is 67.0 Å². The Morgan fingerprint density at radius 2 is 1.86 bits per heavy atom. The monoisotopic (exact) mass is 406 g/mol. The van der Waals surface area contributed by atoms with Crippen LogP contribution < -0.4 is 10.2 Å². The maximum atomic E-state index is 12.6. The largest absolute Gasteiger partial charge is 0.352 e. The molecule has 1 fully saturated rings. The summed E-state index contributed by atoms with van der Waals surface area (Å²) in [6.45, 7) is 0.854. The van der Waals surface area contributed by atoms with E-state index in [9.17, 15) is 9.59 Å². The van der Waals surface area contributed by atoms with Crippen molar-refractivity contribution in [2.75, 3.05) is 17.7 Å². The van der Waals surface area contributed by atoms with Crippen LogP contribution in [0.3, 0.4) is 0 Å². The Hall–Kier alpha value is -3.06. The summed E-state index contributed by atoms with van der Waals surface area (Å²) in [4.78, 5) is 27.8.